The first-order chi connectivity index (χ1) is 11.8. The van der Waals surface area contributed by atoms with Crippen molar-refractivity contribution in [3.63, 3.8) is 0 Å². The van der Waals surface area contributed by atoms with Crippen LogP contribution in [-0.4, -0.2) is 16.2 Å². The molecule has 2 aromatic heterocycles. The lowest BCUT2D eigenvalue weighted by atomic mass is 10.2. The van der Waals surface area contributed by atoms with Gasteiger partial charge < -0.3 is 15.2 Å². The number of nitrogens with zero attached hydrogens (tertiary/aromatic N) is 2. The topological polar surface area (TPSA) is 80.0 Å². The molecule has 0 aliphatic heterocycles. The molecule has 2 heterocycles. The van der Waals surface area contributed by atoms with Crippen molar-refractivity contribution in [2.75, 3.05) is 5.32 Å². The molecule has 0 saturated carbocycles. The van der Waals surface area contributed by atoms with Crippen molar-refractivity contribution in [3.05, 3.63) is 72.2 Å². The molecule has 0 aliphatic carbocycles. The van der Waals surface area contributed by atoms with Gasteiger partial charge in [0, 0.05) is 23.7 Å². The van der Waals surface area contributed by atoms with Gasteiger partial charge in [-0.05, 0) is 29.8 Å². The first-order valence-electron chi connectivity index (χ1n) is 7.36. The molecule has 1 aromatic carbocycles. The smallest absolute Gasteiger partial charge is 0.319 e. The quantitative estimate of drug-likeness (QED) is 0.669. The lowest BCUT2D eigenvalue weighted by Gasteiger charge is -2.08. The number of hydrogen-bond donors (Lipinski definition) is 2. The standard InChI is InChI=1S/C17H16N4O2S/c22-17(19-11-15-7-9-23-21-15)20-14-5-3-4-13(10-14)12-24-16-6-1-2-8-18-16/h1-10H,11-12H2,(H2,19,20,22). The molecule has 122 valence electrons. The van der Waals surface area contributed by atoms with Crippen molar-refractivity contribution in [1.82, 2.24) is 15.5 Å². The largest absolute Gasteiger partial charge is 0.364 e. The molecule has 7 heteroatoms. The highest BCUT2D eigenvalue weighted by molar-refractivity contribution is 7.98. The predicted molar refractivity (Wildman–Crippen MR) is 92.6 cm³/mol. The minimum Gasteiger partial charge on any atom is -0.364 e. The van der Waals surface area contributed by atoms with E-state index in [1.54, 1.807) is 24.0 Å². The number of amides is 2. The molecule has 0 aliphatic rings. The fourth-order valence-corrected chi connectivity index (χ4v) is 2.81. The minimum absolute atomic E-state index is 0.285. The Kier molecular flexibility index (Phi) is 5.47. The lowest BCUT2D eigenvalue weighted by Crippen LogP contribution is -2.28. The van der Waals surface area contributed by atoms with Gasteiger partial charge in [-0.15, -0.1) is 11.8 Å². The highest BCUT2D eigenvalue weighted by Crippen LogP contribution is 2.22. The van der Waals surface area contributed by atoms with Gasteiger partial charge in [0.05, 0.1) is 11.6 Å². The van der Waals surface area contributed by atoms with E-state index < -0.39 is 0 Å². The number of rotatable bonds is 6. The van der Waals surface area contributed by atoms with E-state index >= 15 is 0 Å². The summed E-state index contributed by atoms with van der Waals surface area (Å²) in [7, 11) is 0. The fourth-order valence-electron chi connectivity index (χ4n) is 2.00. The molecule has 2 N–H and O–H groups in total. The molecular weight excluding hydrogens is 324 g/mol. The minimum atomic E-state index is -0.285. The summed E-state index contributed by atoms with van der Waals surface area (Å²) in [6, 6.07) is 15.0. The number of benzene rings is 1. The second-order valence-electron chi connectivity index (χ2n) is 4.96. The Morgan fingerprint density at radius 2 is 2.12 bits per heavy atom. The van der Waals surface area contributed by atoms with E-state index in [0.29, 0.717) is 12.2 Å². The Bertz CT molecular complexity index is 778. The molecular formula is C17H16N4O2S. The highest BCUT2D eigenvalue weighted by Gasteiger charge is 2.04. The van der Waals surface area contributed by atoms with Crippen LogP contribution in [0.25, 0.3) is 0 Å². The summed E-state index contributed by atoms with van der Waals surface area (Å²) in [5.41, 5.74) is 2.53. The monoisotopic (exact) mass is 340 g/mol. The Hall–Kier alpha value is -2.80. The summed E-state index contributed by atoms with van der Waals surface area (Å²) in [6.07, 6.45) is 3.25. The highest BCUT2D eigenvalue weighted by atomic mass is 32.2. The van der Waals surface area contributed by atoms with Gasteiger partial charge in [0.25, 0.3) is 0 Å². The maximum Gasteiger partial charge on any atom is 0.319 e. The summed E-state index contributed by atoms with van der Waals surface area (Å²) in [5, 5.41) is 10.2. The van der Waals surface area contributed by atoms with Gasteiger partial charge in [-0.25, -0.2) is 9.78 Å². The van der Waals surface area contributed by atoms with Gasteiger partial charge >= 0.3 is 6.03 Å². The third-order valence-electron chi connectivity index (χ3n) is 3.13. The zero-order valence-electron chi connectivity index (χ0n) is 12.8. The number of carbonyl (C=O) groups is 1. The second kappa shape index (κ2) is 8.16. The van der Waals surface area contributed by atoms with Crippen LogP contribution in [0.1, 0.15) is 11.3 Å². The molecule has 0 spiro atoms. The Balaban J connectivity index is 1.51. The summed E-state index contributed by atoms with van der Waals surface area (Å²) < 4.78 is 4.72. The Morgan fingerprint density at radius 1 is 1.17 bits per heavy atom. The van der Waals surface area contributed by atoms with E-state index in [4.69, 9.17) is 4.52 Å². The zero-order chi connectivity index (χ0) is 16.6. The molecule has 0 unspecified atom stereocenters. The Morgan fingerprint density at radius 3 is 2.92 bits per heavy atom. The number of thioether (sulfide) groups is 1. The molecule has 3 rings (SSSR count). The van der Waals surface area contributed by atoms with Crippen molar-refractivity contribution in [3.8, 4) is 0 Å². The summed E-state index contributed by atoms with van der Waals surface area (Å²) in [6.45, 7) is 0.317. The number of aromatic nitrogens is 2. The van der Waals surface area contributed by atoms with Gasteiger partial charge in [0.15, 0.2) is 0 Å². The molecule has 3 aromatic rings. The molecule has 2 amide bonds. The van der Waals surface area contributed by atoms with Crippen molar-refractivity contribution in [2.45, 2.75) is 17.3 Å². The van der Waals surface area contributed by atoms with Gasteiger partial charge in [0.2, 0.25) is 0 Å². The maximum atomic E-state index is 11.9. The van der Waals surface area contributed by atoms with Gasteiger partial charge in [-0.2, -0.15) is 0 Å². The van der Waals surface area contributed by atoms with E-state index in [0.717, 1.165) is 22.0 Å². The van der Waals surface area contributed by atoms with Crippen LogP contribution < -0.4 is 10.6 Å². The molecule has 0 fully saturated rings. The van der Waals surface area contributed by atoms with Crippen LogP contribution in [0, 0.1) is 0 Å². The van der Waals surface area contributed by atoms with E-state index in [-0.39, 0.29) is 6.03 Å². The molecule has 0 radical (unpaired) electrons. The summed E-state index contributed by atoms with van der Waals surface area (Å²) in [4.78, 5) is 16.2. The van der Waals surface area contributed by atoms with Crippen LogP contribution in [0.4, 0.5) is 10.5 Å². The van der Waals surface area contributed by atoms with E-state index in [9.17, 15) is 4.79 Å². The first kappa shape index (κ1) is 16.1. The number of hydrogen-bond acceptors (Lipinski definition) is 5. The number of carbonyl (C=O) groups excluding carboxylic acids is 1. The van der Waals surface area contributed by atoms with Crippen LogP contribution in [0.3, 0.4) is 0 Å². The fraction of sp³-hybridized carbons (Fsp3) is 0.118. The normalized spacial score (nSPS) is 10.3. The summed E-state index contributed by atoms with van der Waals surface area (Å²) in [5.74, 6) is 0.785. The molecule has 24 heavy (non-hydrogen) atoms. The van der Waals surface area contributed by atoms with Crippen LogP contribution in [0.5, 0.6) is 0 Å². The molecule has 6 nitrogen and oxygen atoms in total. The van der Waals surface area contributed by atoms with Crippen LogP contribution in [-0.2, 0) is 12.3 Å². The van der Waals surface area contributed by atoms with Crippen molar-refractivity contribution in [2.24, 2.45) is 0 Å². The third-order valence-corrected chi connectivity index (χ3v) is 4.15. The van der Waals surface area contributed by atoms with Crippen molar-refractivity contribution < 1.29 is 9.32 Å². The number of nitrogens with one attached hydrogen (secondary N) is 2. The van der Waals surface area contributed by atoms with Crippen LogP contribution >= 0.6 is 11.8 Å². The van der Waals surface area contributed by atoms with Gasteiger partial charge in [0.1, 0.15) is 12.0 Å². The third kappa shape index (κ3) is 4.85. The van der Waals surface area contributed by atoms with Gasteiger partial charge in [-0.1, -0.05) is 23.4 Å². The van der Waals surface area contributed by atoms with Crippen molar-refractivity contribution >= 4 is 23.5 Å². The SMILES string of the molecule is O=C(NCc1ccon1)Nc1cccc(CSc2ccccn2)c1. The van der Waals surface area contributed by atoms with Crippen LogP contribution in [0.15, 0.2) is 70.5 Å². The number of pyridine rings is 1. The van der Waals surface area contributed by atoms with E-state index in [1.165, 1.54) is 6.26 Å². The second-order valence-corrected chi connectivity index (χ2v) is 5.95. The molecule has 0 saturated heterocycles. The summed E-state index contributed by atoms with van der Waals surface area (Å²) >= 11 is 1.65. The number of anilines is 1. The average molecular weight is 340 g/mol. The molecule has 0 atom stereocenters. The predicted octanol–water partition coefficient (Wildman–Crippen LogP) is 3.68. The average Bonchev–Trinajstić information content (AvgIpc) is 3.13. The lowest BCUT2D eigenvalue weighted by molar-refractivity contribution is 0.251. The van der Waals surface area contributed by atoms with E-state index in [2.05, 4.69) is 20.8 Å². The van der Waals surface area contributed by atoms with Crippen molar-refractivity contribution in [1.29, 1.82) is 0 Å². The van der Waals surface area contributed by atoms with Crippen LogP contribution in [0.2, 0.25) is 0 Å². The number of urea groups is 1. The van der Waals surface area contributed by atoms with E-state index in [1.807, 2.05) is 42.5 Å². The molecule has 0 bridgehead atoms. The van der Waals surface area contributed by atoms with Gasteiger partial charge in [-0.3, -0.25) is 0 Å². The zero-order valence-corrected chi connectivity index (χ0v) is 13.6. The first-order valence-corrected chi connectivity index (χ1v) is 8.35. The Labute approximate surface area is 143 Å². The maximum absolute atomic E-state index is 11.9.